The summed E-state index contributed by atoms with van der Waals surface area (Å²) in [7, 11) is 5.94. The SMILES string of the molecule is COc1cccc(C(CNC2CCCOC2)N(C)C)c1. The number of hydrogen-bond donors (Lipinski definition) is 1. The predicted molar refractivity (Wildman–Crippen MR) is 81.3 cm³/mol. The summed E-state index contributed by atoms with van der Waals surface area (Å²) in [6.45, 7) is 2.66. The molecule has 0 amide bonds. The Balaban J connectivity index is 1.98. The number of nitrogens with one attached hydrogen (secondary N) is 1. The van der Waals surface area contributed by atoms with E-state index in [4.69, 9.17) is 9.47 Å². The van der Waals surface area contributed by atoms with Crippen molar-refractivity contribution in [1.29, 1.82) is 0 Å². The number of hydrogen-bond acceptors (Lipinski definition) is 4. The van der Waals surface area contributed by atoms with E-state index in [1.807, 2.05) is 12.1 Å². The molecule has 1 aromatic rings. The minimum atomic E-state index is 0.340. The summed E-state index contributed by atoms with van der Waals surface area (Å²) >= 11 is 0. The minimum absolute atomic E-state index is 0.340. The summed E-state index contributed by atoms with van der Waals surface area (Å²) in [5, 5.41) is 3.63. The van der Waals surface area contributed by atoms with Crippen LogP contribution >= 0.6 is 0 Å². The van der Waals surface area contributed by atoms with Crippen molar-refractivity contribution in [2.24, 2.45) is 0 Å². The summed E-state index contributed by atoms with van der Waals surface area (Å²) in [5.74, 6) is 0.912. The van der Waals surface area contributed by atoms with Crippen molar-refractivity contribution in [2.45, 2.75) is 24.9 Å². The van der Waals surface area contributed by atoms with Crippen molar-refractivity contribution < 1.29 is 9.47 Å². The lowest BCUT2D eigenvalue weighted by atomic mass is 10.0. The van der Waals surface area contributed by atoms with Gasteiger partial charge >= 0.3 is 0 Å². The Labute approximate surface area is 122 Å². The third kappa shape index (κ3) is 4.20. The molecule has 0 radical (unpaired) electrons. The molecule has 2 atom stereocenters. The molecule has 1 heterocycles. The van der Waals surface area contributed by atoms with Crippen LogP contribution in [0.3, 0.4) is 0 Å². The van der Waals surface area contributed by atoms with Gasteiger partial charge in [0.05, 0.1) is 13.7 Å². The molecular weight excluding hydrogens is 252 g/mol. The zero-order valence-corrected chi connectivity index (χ0v) is 12.8. The van der Waals surface area contributed by atoms with Crippen molar-refractivity contribution in [3.63, 3.8) is 0 Å². The molecule has 0 spiro atoms. The van der Waals surface area contributed by atoms with Crippen LogP contribution < -0.4 is 10.1 Å². The Morgan fingerprint density at radius 1 is 1.45 bits per heavy atom. The van der Waals surface area contributed by atoms with Gasteiger partial charge in [-0.15, -0.1) is 0 Å². The molecule has 1 aliphatic heterocycles. The van der Waals surface area contributed by atoms with Crippen LogP contribution in [0.4, 0.5) is 0 Å². The fourth-order valence-electron chi connectivity index (χ4n) is 2.63. The lowest BCUT2D eigenvalue weighted by Gasteiger charge is -2.29. The molecule has 1 fully saturated rings. The van der Waals surface area contributed by atoms with Gasteiger partial charge in [-0.2, -0.15) is 0 Å². The predicted octanol–water partition coefficient (Wildman–Crippen LogP) is 2.07. The average molecular weight is 278 g/mol. The molecular formula is C16H26N2O2. The lowest BCUT2D eigenvalue weighted by Crippen LogP contribution is -2.41. The van der Waals surface area contributed by atoms with Gasteiger partial charge in [-0.25, -0.2) is 0 Å². The van der Waals surface area contributed by atoms with E-state index in [0.29, 0.717) is 12.1 Å². The van der Waals surface area contributed by atoms with E-state index in [9.17, 15) is 0 Å². The van der Waals surface area contributed by atoms with E-state index in [1.165, 1.54) is 12.0 Å². The quantitative estimate of drug-likeness (QED) is 0.863. The molecule has 2 rings (SSSR count). The third-order valence-corrected chi connectivity index (χ3v) is 3.86. The van der Waals surface area contributed by atoms with Crippen molar-refractivity contribution in [3.05, 3.63) is 29.8 Å². The van der Waals surface area contributed by atoms with Gasteiger partial charge in [0.2, 0.25) is 0 Å². The molecule has 0 aromatic heterocycles. The first-order valence-electron chi connectivity index (χ1n) is 7.32. The molecule has 4 nitrogen and oxygen atoms in total. The van der Waals surface area contributed by atoms with Gasteiger partial charge in [0.25, 0.3) is 0 Å². The summed E-state index contributed by atoms with van der Waals surface area (Å²) in [6.07, 6.45) is 2.36. The van der Waals surface area contributed by atoms with Crippen LogP contribution in [0.15, 0.2) is 24.3 Å². The Morgan fingerprint density at radius 2 is 2.30 bits per heavy atom. The smallest absolute Gasteiger partial charge is 0.119 e. The molecule has 0 saturated carbocycles. The summed E-state index contributed by atoms with van der Waals surface area (Å²) in [4.78, 5) is 2.24. The zero-order chi connectivity index (χ0) is 14.4. The number of ether oxygens (including phenoxy) is 2. The van der Waals surface area contributed by atoms with E-state index in [-0.39, 0.29) is 0 Å². The molecule has 1 aliphatic rings. The second-order valence-corrected chi connectivity index (χ2v) is 5.58. The van der Waals surface area contributed by atoms with Crippen LogP contribution in [0.5, 0.6) is 5.75 Å². The average Bonchev–Trinajstić information content (AvgIpc) is 2.48. The molecule has 1 N–H and O–H groups in total. The number of rotatable bonds is 6. The maximum Gasteiger partial charge on any atom is 0.119 e. The molecule has 4 heteroatoms. The van der Waals surface area contributed by atoms with Crippen LogP contribution in [0.25, 0.3) is 0 Å². The highest BCUT2D eigenvalue weighted by Crippen LogP contribution is 2.22. The van der Waals surface area contributed by atoms with Crippen molar-refractivity contribution in [1.82, 2.24) is 10.2 Å². The van der Waals surface area contributed by atoms with Crippen LogP contribution in [-0.2, 0) is 4.74 Å². The minimum Gasteiger partial charge on any atom is -0.497 e. The first-order chi connectivity index (χ1) is 9.70. The topological polar surface area (TPSA) is 33.7 Å². The first kappa shape index (κ1) is 15.3. The maximum absolute atomic E-state index is 5.52. The van der Waals surface area contributed by atoms with E-state index >= 15 is 0 Å². The fraction of sp³-hybridized carbons (Fsp3) is 0.625. The Kier molecular flexibility index (Phi) is 5.83. The summed E-state index contributed by atoms with van der Waals surface area (Å²) in [5.41, 5.74) is 1.28. The van der Waals surface area contributed by atoms with E-state index in [0.717, 1.165) is 31.9 Å². The number of methoxy groups -OCH3 is 1. The van der Waals surface area contributed by atoms with Gasteiger partial charge in [0.15, 0.2) is 0 Å². The van der Waals surface area contributed by atoms with Crippen LogP contribution in [0.1, 0.15) is 24.4 Å². The van der Waals surface area contributed by atoms with Gasteiger partial charge in [-0.05, 0) is 44.6 Å². The van der Waals surface area contributed by atoms with E-state index in [2.05, 4.69) is 36.4 Å². The molecule has 1 saturated heterocycles. The van der Waals surface area contributed by atoms with Crippen LogP contribution in [0, 0.1) is 0 Å². The normalized spacial score (nSPS) is 20.9. The number of nitrogens with zero attached hydrogens (tertiary/aromatic N) is 1. The Morgan fingerprint density at radius 3 is 2.95 bits per heavy atom. The zero-order valence-electron chi connectivity index (χ0n) is 12.8. The van der Waals surface area contributed by atoms with Gasteiger partial charge in [0, 0.05) is 25.2 Å². The molecule has 1 aromatic carbocycles. The largest absolute Gasteiger partial charge is 0.497 e. The highest BCUT2D eigenvalue weighted by molar-refractivity contribution is 5.30. The first-order valence-corrected chi connectivity index (χ1v) is 7.32. The second kappa shape index (κ2) is 7.62. The second-order valence-electron chi connectivity index (χ2n) is 5.58. The van der Waals surface area contributed by atoms with Crippen LogP contribution in [-0.4, -0.2) is 51.9 Å². The lowest BCUT2D eigenvalue weighted by molar-refractivity contribution is 0.0680. The Hall–Kier alpha value is -1.10. The highest BCUT2D eigenvalue weighted by Gasteiger charge is 2.18. The van der Waals surface area contributed by atoms with Crippen molar-refractivity contribution in [2.75, 3.05) is 41.0 Å². The maximum atomic E-state index is 5.52. The number of benzene rings is 1. The molecule has 20 heavy (non-hydrogen) atoms. The third-order valence-electron chi connectivity index (χ3n) is 3.86. The van der Waals surface area contributed by atoms with E-state index in [1.54, 1.807) is 7.11 Å². The molecule has 112 valence electrons. The van der Waals surface area contributed by atoms with Gasteiger partial charge in [-0.1, -0.05) is 12.1 Å². The molecule has 0 bridgehead atoms. The molecule has 2 unspecified atom stereocenters. The standard InChI is InChI=1S/C16H26N2O2/c1-18(2)16(11-17-14-7-5-9-20-12-14)13-6-4-8-15(10-13)19-3/h4,6,8,10,14,16-17H,5,7,9,11-12H2,1-3H3. The van der Waals surface area contributed by atoms with Crippen LogP contribution in [0.2, 0.25) is 0 Å². The fourth-order valence-corrected chi connectivity index (χ4v) is 2.63. The summed E-state index contributed by atoms with van der Waals surface area (Å²) < 4.78 is 10.8. The monoisotopic (exact) mass is 278 g/mol. The van der Waals surface area contributed by atoms with Gasteiger partial charge in [-0.3, -0.25) is 0 Å². The highest BCUT2D eigenvalue weighted by atomic mass is 16.5. The van der Waals surface area contributed by atoms with E-state index < -0.39 is 0 Å². The van der Waals surface area contributed by atoms with Gasteiger partial charge in [0.1, 0.15) is 5.75 Å². The molecule has 0 aliphatic carbocycles. The van der Waals surface area contributed by atoms with Crippen molar-refractivity contribution >= 4 is 0 Å². The number of likely N-dealkylation sites (N-methyl/N-ethyl adjacent to an activating group) is 1. The van der Waals surface area contributed by atoms with Gasteiger partial charge < -0.3 is 19.7 Å². The van der Waals surface area contributed by atoms with Crippen molar-refractivity contribution in [3.8, 4) is 5.75 Å². The summed E-state index contributed by atoms with van der Waals surface area (Å²) in [6, 6.07) is 9.13. The Bertz CT molecular complexity index is 403.